The first-order chi connectivity index (χ1) is 5.85. The summed E-state index contributed by atoms with van der Waals surface area (Å²) in [5.41, 5.74) is 1.18. The van der Waals surface area contributed by atoms with Crippen LogP contribution in [0.5, 0.6) is 0 Å². The van der Waals surface area contributed by atoms with E-state index in [9.17, 15) is 0 Å². The van der Waals surface area contributed by atoms with Crippen molar-refractivity contribution in [3.63, 3.8) is 0 Å². The third-order valence-corrected chi connectivity index (χ3v) is 1.47. The molecule has 1 N–H and O–H groups in total. The molecule has 1 nitrogen and oxygen atoms in total. The molecule has 0 atom stereocenters. The van der Waals surface area contributed by atoms with Gasteiger partial charge < -0.3 is 5.11 Å². The Labute approximate surface area is 75.1 Å². The van der Waals surface area contributed by atoms with Gasteiger partial charge in [-0.25, -0.2) is 0 Å². The van der Waals surface area contributed by atoms with E-state index in [1.54, 1.807) is 0 Å². The summed E-state index contributed by atoms with van der Waals surface area (Å²) in [5, 5.41) is 8.74. The smallest absolute Gasteiger partial charge is 0.0471 e. The van der Waals surface area contributed by atoms with Crippen molar-refractivity contribution in [2.45, 2.75) is 26.7 Å². The third-order valence-electron chi connectivity index (χ3n) is 1.47. The number of allylic oxidation sites excluding steroid dienone is 5. The monoisotopic (exact) mass is 166 g/mol. The van der Waals surface area contributed by atoms with Gasteiger partial charge in [-0.1, -0.05) is 37.3 Å². The summed E-state index contributed by atoms with van der Waals surface area (Å²) < 4.78 is 0. The van der Waals surface area contributed by atoms with Crippen LogP contribution in [0.4, 0.5) is 0 Å². The van der Waals surface area contributed by atoms with Gasteiger partial charge in [0.2, 0.25) is 0 Å². The standard InChI is InChI=1S/C11H18O/c1-3-5-7-11(9-10-12)8-6-4-2/h3,5-8,12H,4,9-10H2,1-2H3/b5-3-,8-6-,11-7+. The fourth-order valence-electron chi connectivity index (χ4n) is 0.840. The highest BCUT2D eigenvalue weighted by atomic mass is 16.2. The summed E-state index contributed by atoms with van der Waals surface area (Å²) in [7, 11) is 0. The SMILES string of the molecule is C\C=C/C=C(\C=C/CC)CCO. The Morgan fingerprint density at radius 2 is 2.17 bits per heavy atom. The van der Waals surface area contributed by atoms with Crippen LogP contribution >= 0.6 is 0 Å². The first kappa shape index (κ1) is 11.2. The quantitative estimate of drug-likeness (QED) is 0.623. The predicted molar refractivity (Wildman–Crippen MR) is 54.0 cm³/mol. The van der Waals surface area contributed by atoms with Gasteiger partial charge in [0.05, 0.1) is 0 Å². The van der Waals surface area contributed by atoms with Crippen molar-refractivity contribution in [3.8, 4) is 0 Å². The fourth-order valence-corrected chi connectivity index (χ4v) is 0.840. The molecule has 0 aromatic heterocycles. The molecule has 0 aliphatic rings. The lowest BCUT2D eigenvalue weighted by atomic mass is 10.1. The summed E-state index contributed by atoms with van der Waals surface area (Å²) in [5.74, 6) is 0. The van der Waals surface area contributed by atoms with E-state index in [-0.39, 0.29) is 6.61 Å². The van der Waals surface area contributed by atoms with E-state index < -0.39 is 0 Å². The zero-order chi connectivity index (χ0) is 9.23. The van der Waals surface area contributed by atoms with Gasteiger partial charge in [-0.3, -0.25) is 0 Å². The summed E-state index contributed by atoms with van der Waals surface area (Å²) >= 11 is 0. The molecule has 0 aliphatic carbocycles. The van der Waals surface area contributed by atoms with Crippen molar-refractivity contribution < 1.29 is 5.11 Å². The number of hydrogen-bond donors (Lipinski definition) is 1. The third kappa shape index (κ3) is 5.93. The maximum Gasteiger partial charge on any atom is 0.0471 e. The van der Waals surface area contributed by atoms with Crippen LogP contribution in [-0.4, -0.2) is 11.7 Å². The zero-order valence-corrected chi connectivity index (χ0v) is 7.96. The molecule has 0 fully saturated rings. The molecule has 0 aliphatic heterocycles. The minimum absolute atomic E-state index is 0.220. The highest BCUT2D eigenvalue weighted by Gasteiger charge is 1.87. The molecule has 0 rings (SSSR count). The van der Waals surface area contributed by atoms with Gasteiger partial charge in [0.15, 0.2) is 0 Å². The van der Waals surface area contributed by atoms with Crippen molar-refractivity contribution >= 4 is 0 Å². The summed E-state index contributed by atoms with van der Waals surface area (Å²) in [4.78, 5) is 0. The molecule has 1 heteroatoms. The first-order valence-electron chi connectivity index (χ1n) is 4.44. The summed E-state index contributed by atoms with van der Waals surface area (Å²) in [6.45, 7) is 4.30. The van der Waals surface area contributed by atoms with Crippen molar-refractivity contribution in [1.82, 2.24) is 0 Å². The molecular weight excluding hydrogens is 148 g/mol. The van der Waals surface area contributed by atoms with Crippen LogP contribution in [-0.2, 0) is 0 Å². The van der Waals surface area contributed by atoms with Gasteiger partial charge in [-0.15, -0.1) is 0 Å². The maximum absolute atomic E-state index is 8.74. The molecule has 0 amide bonds. The number of aliphatic hydroxyl groups excluding tert-OH is 1. The molecule has 68 valence electrons. The molecule has 0 saturated heterocycles. The van der Waals surface area contributed by atoms with E-state index >= 15 is 0 Å². The van der Waals surface area contributed by atoms with Crippen molar-refractivity contribution in [2.75, 3.05) is 6.61 Å². The fraction of sp³-hybridized carbons (Fsp3) is 0.455. The molecular formula is C11H18O. The second kappa shape index (κ2) is 8.28. The highest BCUT2D eigenvalue weighted by molar-refractivity contribution is 5.23. The Bertz CT molecular complexity index is 175. The van der Waals surface area contributed by atoms with Crippen LogP contribution in [0.2, 0.25) is 0 Å². The van der Waals surface area contributed by atoms with E-state index in [0.29, 0.717) is 0 Å². The zero-order valence-electron chi connectivity index (χ0n) is 7.96. The molecule has 0 aromatic rings. The van der Waals surface area contributed by atoms with Crippen LogP contribution in [0.25, 0.3) is 0 Å². The van der Waals surface area contributed by atoms with Crippen LogP contribution < -0.4 is 0 Å². The van der Waals surface area contributed by atoms with Gasteiger partial charge in [-0.2, -0.15) is 0 Å². The minimum Gasteiger partial charge on any atom is -0.396 e. The maximum atomic E-state index is 8.74. The second-order valence-corrected chi connectivity index (χ2v) is 2.55. The largest absolute Gasteiger partial charge is 0.396 e. The lowest BCUT2D eigenvalue weighted by Crippen LogP contribution is -1.84. The number of rotatable bonds is 5. The van der Waals surface area contributed by atoms with E-state index in [1.165, 1.54) is 5.57 Å². The van der Waals surface area contributed by atoms with E-state index in [2.05, 4.69) is 19.1 Å². The topological polar surface area (TPSA) is 20.2 Å². The Morgan fingerprint density at radius 1 is 1.42 bits per heavy atom. The molecule has 0 bridgehead atoms. The number of aliphatic hydroxyl groups is 1. The van der Waals surface area contributed by atoms with E-state index in [1.807, 2.05) is 25.2 Å². The van der Waals surface area contributed by atoms with Gasteiger partial charge >= 0.3 is 0 Å². The Balaban J connectivity index is 4.11. The van der Waals surface area contributed by atoms with Crippen LogP contribution in [0, 0.1) is 0 Å². The molecule has 0 aromatic carbocycles. The predicted octanol–water partition coefficient (Wildman–Crippen LogP) is 2.84. The van der Waals surface area contributed by atoms with Crippen LogP contribution in [0.1, 0.15) is 26.7 Å². The molecule has 0 spiro atoms. The highest BCUT2D eigenvalue weighted by Crippen LogP contribution is 2.03. The van der Waals surface area contributed by atoms with Gasteiger partial charge in [0, 0.05) is 6.61 Å². The average Bonchev–Trinajstić information content (AvgIpc) is 2.10. The Morgan fingerprint density at radius 3 is 2.67 bits per heavy atom. The van der Waals surface area contributed by atoms with E-state index in [0.717, 1.165) is 12.8 Å². The lowest BCUT2D eigenvalue weighted by Gasteiger charge is -1.96. The minimum atomic E-state index is 0.220. The Hall–Kier alpha value is -0.820. The van der Waals surface area contributed by atoms with Crippen LogP contribution in [0.3, 0.4) is 0 Å². The van der Waals surface area contributed by atoms with Crippen LogP contribution in [0.15, 0.2) is 36.0 Å². The molecule has 0 unspecified atom stereocenters. The molecule has 0 radical (unpaired) electrons. The molecule has 0 heterocycles. The molecule has 0 saturated carbocycles. The lowest BCUT2D eigenvalue weighted by molar-refractivity contribution is 0.300. The van der Waals surface area contributed by atoms with Crippen molar-refractivity contribution in [3.05, 3.63) is 36.0 Å². The summed E-state index contributed by atoms with van der Waals surface area (Å²) in [6, 6.07) is 0. The molecule has 12 heavy (non-hydrogen) atoms. The van der Waals surface area contributed by atoms with E-state index in [4.69, 9.17) is 5.11 Å². The van der Waals surface area contributed by atoms with Crippen molar-refractivity contribution in [2.24, 2.45) is 0 Å². The second-order valence-electron chi connectivity index (χ2n) is 2.55. The van der Waals surface area contributed by atoms with Gasteiger partial charge in [0.25, 0.3) is 0 Å². The average molecular weight is 166 g/mol. The first-order valence-corrected chi connectivity index (χ1v) is 4.44. The normalized spacial score (nSPS) is 13.4. The Kier molecular flexibility index (Phi) is 7.71. The number of hydrogen-bond acceptors (Lipinski definition) is 1. The van der Waals surface area contributed by atoms with Gasteiger partial charge in [0.1, 0.15) is 0 Å². The summed E-state index contributed by atoms with van der Waals surface area (Å²) in [6.07, 6.45) is 11.9. The van der Waals surface area contributed by atoms with Crippen molar-refractivity contribution in [1.29, 1.82) is 0 Å². The van der Waals surface area contributed by atoms with Gasteiger partial charge in [-0.05, 0) is 25.3 Å².